The summed E-state index contributed by atoms with van der Waals surface area (Å²) in [6.45, 7) is 5.39. The van der Waals surface area contributed by atoms with Crippen molar-refractivity contribution >= 4 is 5.91 Å². The number of methoxy groups -OCH3 is 1. The molecule has 0 bridgehead atoms. The van der Waals surface area contributed by atoms with Crippen molar-refractivity contribution in [2.75, 3.05) is 39.8 Å². The summed E-state index contributed by atoms with van der Waals surface area (Å²) in [4.78, 5) is 16.6. The van der Waals surface area contributed by atoms with E-state index < -0.39 is 6.10 Å². The topological polar surface area (TPSA) is 53.0 Å². The first-order chi connectivity index (χ1) is 10.1. The van der Waals surface area contributed by atoms with E-state index in [1.54, 1.807) is 14.0 Å². The average molecular weight is 292 g/mol. The molecule has 5 nitrogen and oxygen atoms in total. The summed E-state index contributed by atoms with van der Waals surface area (Å²) in [5.74, 6) is 0.0143. The Kier molecular flexibility index (Phi) is 5.73. The summed E-state index contributed by atoms with van der Waals surface area (Å²) in [6.07, 6.45) is -0.863. The van der Waals surface area contributed by atoms with Crippen LogP contribution in [0.15, 0.2) is 30.3 Å². The molecule has 2 rings (SSSR count). The highest BCUT2D eigenvalue weighted by Gasteiger charge is 2.28. The molecule has 1 fully saturated rings. The number of hydrogen-bond donors (Lipinski definition) is 1. The van der Waals surface area contributed by atoms with Crippen LogP contribution in [0.2, 0.25) is 0 Å². The van der Waals surface area contributed by atoms with Gasteiger partial charge in [0, 0.05) is 39.8 Å². The molecule has 0 aromatic heterocycles. The van der Waals surface area contributed by atoms with Crippen molar-refractivity contribution in [1.29, 1.82) is 0 Å². The Morgan fingerprint density at radius 2 is 1.86 bits per heavy atom. The highest BCUT2D eigenvalue weighted by molar-refractivity contribution is 5.82. The Morgan fingerprint density at radius 3 is 2.38 bits per heavy atom. The zero-order chi connectivity index (χ0) is 15.2. The summed E-state index contributed by atoms with van der Waals surface area (Å²) >= 11 is 0. The minimum atomic E-state index is -0.533. The van der Waals surface area contributed by atoms with Gasteiger partial charge in [-0.2, -0.15) is 0 Å². The molecular weight excluding hydrogens is 268 g/mol. The molecule has 0 radical (unpaired) electrons. The van der Waals surface area contributed by atoms with E-state index in [2.05, 4.69) is 4.90 Å². The summed E-state index contributed by atoms with van der Waals surface area (Å²) in [5, 5.41) is 9.41. The van der Waals surface area contributed by atoms with Crippen molar-refractivity contribution in [3.8, 4) is 0 Å². The van der Waals surface area contributed by atoms with Crippen molar-refractivity contribution in [2.45, 2.75) is 19.1 Å². The van der Waals surface area contributed by atoms with Gasteiger partial charge in [0.25, 0.3) is 5.91 Å². The maximum absolute atomic E-state index is 12.6. The normalized spacial score (nSPS) is 19.3. The number of amides is 1. The zero-order valence-electron chi connectivity index (χ0n) is 12.7. The van der Waals surface area contributed by atoms with Crippen LogP contribution < -0.4 is 0 Å². The molecule has 5 heteroatoms. The van der Waals surface area contributed by atoms with E-state index in [0.29, 0.717) is 19.6 Å². The van der Waals surface area contributed by atoms with Crippen LogP contribution >= 0.6 is 0 Å². The number of aliphatic hydroxyl groups is 1. The summed E-state index contributed by atoms with van der Waals surface area (Å²) in [7, 11) is 1.57. The number of β-amino-alcohol motifs (C(OH)–C–C–N with tert-alkyl or cyclic N) is 1. The molecule has 116 valence electrons. The second-order valence-electron chi connectivity index (χ2n) is 5.50. The lowest BCUT2D eigenvalue weighted by molar-refractivity contribution is -0.144. The van der Waals surface area contributed by atoms with Gasteiger partial charge in [-0.3, -0.25) is 9.69 Å². The maximum Gasteiger partial charge on any atom is 0.256 e. The average Bonchev–Trinajstić information content (AvgIpc) is 2.49. The Morgan fingerprint density at radius 1 is 1.24 bits per heavy atom. The number of piperazine rings is 1. The van der Waals surface area contributed by atoms with Crippen molar-refractivity contribution in [3.63, 3.8) is 0 Å². The van der Waals surface area contributed by atoms with Gasteiger partial charge in [-0.15, -0.1) is 0 Å². The van der Waals surface area contributed by atoms with E-state index in [-0.39, 0.29) is 12.0 Å². The molecule has 0 aliphatic carbocycles. The lowest BCUT2D eigenvalue weighted by Gasteiger charge is -2.36. The zero-order valence-corrected chi connectivity index (χ0v) is 12.7. The molecule has 1 saturated heterocycles. The van der Waals surface area contributed by atoms with Gasteiger partial charge in [-0.1, -0.05) is 30.3 Å². The third kappa shape index (κ3) is 4.27. The third-order valence-corrected chi connectivity index (χ3v) is 3.77. The van der Waals surface area contributed by atoms with E-state index in [4.69, 9.17) is 4.74 Å². The van der Waals surface area contributed by atoms with Crippen molar-refractivity contribution < 1.29 is 14.6 Å². The Labute approximate surface area is 126 Å². The van der Waals surface area contributed by atoms with Crippen molar-refractivity contribution in [3.05, 3.63) is 35.9 Å². The summed E-state index contributed by atoms with van der Waals surface area (Å²) in [5.41, 5.74) is 0.886. The molecule has 1 aliphatic rings. The molecule has 1 amide bonds. The minimum absolute atomic E-state index is 0.0143. The summed E-state index contributed by atoms with van der Waals surface area (Å²) in [6, 6.07) is 9.57. The predicted octanol–water partition coefficient (Wildman–Crippen LogP) is 0.899. The standard InChI is InChI=1S/C16H24N2O3/c1-13(19)12-17-8-10-18(11-9-17)16(20)15(21-2)14-6-4-3-5-7-14/h3-7,13,15,19H,8-12H2,1-2H3. The van der Waals surface area contributed by atoms with Crippen LogP contribution in [0.3, 0.4) is 0 Å². The van der Waals surface area contributed by atoms with Crippen LogP contribution in [-0.4, -0.2) is 66.8 Å². The first-order valence-electron chi connectivity index (χ1n) is 7.38. The quantitative estimate of drug-likeness (QED) is 0.876. The molecule has 1 heterocycles. The lowest BCUT2D eigenvalue weighted by Crippen LogP contribution is -2.51. The smallest absolute Gasteiger partial charge is 0.256 e. The van der Waals surface area contributed by atoms with E-state index in [1.165, 1.54) is 0 Å². The van der Waals surface area contributed by atoms with Gasteiger partial charge < -0.3 is 14.7 Å². The number of hydrogen-bond acceptors (Lipinski definition) is 4. The summed E-state index contributed by atoms with van der Waals surface area (Å²) < 4.78 is 5.40. The number of ether oxygens (including phenoxy) is 1. The van der Waals surface area contributed by atoms with E-state index >= 15 is 0 Å². The van der Waals surface area contributed by atoms with Crippen LogP contribution in [0, 0.1) is 0 Å². The molecule has 2 unspecified atom stereocenters. The van der Waals surface area contributed by atoms with E-state index in [0.717, 1.165) is 18.7 Å². The van der Waals surface area contributed by atoms with Gasteiger partial charge in [0.1, 0.15) is 0 Å². The predicted molar refractivity (Wildman–Crippen MR) is 80.9 cm³/mol. The lowest BCUT2D eigenvalue weighted by atomic mass is 10.1. The minimum Gasteiger partial charge on any atom is -0.392 e. The highest BCUT2D eigenvalue weighted by atomic mass is 16.5. The first-order valence-corrected chi connectivity index (χ1v) is 7.38. The molecule has 1 aliphatic heterocycles. The number of benzene rings is 1. The molecule has 21 heavy (non-hydrogen) atoms. The van der Waals surface area contributed by atoms with Crippen molar-refractivity contribution in [2.24, 2.45) is 0 Å². The number of nitrogens with zero attached hydrogens (tertiary/aromatic N) is 2. The van der Waals surface area contributed by atoms with Gasteiger partial charge in [0.2, 0.25) is 0 Å². The Bertz CT molecular complexity index is 442. The number of aliphatic hydroxyl groups excluding tert-OH is 1. The Balaban J connectivity index is 1.94. The van der Waals surface area contributed by atoms with Gasteiger partial charge in [0.05, 0.1) is 6.10 Å². The molecule has 2 atom stereocenters. The van der Waals surface area contributed by atoms with Crippen molar-refractivity contribution in [1.82, 2.24) is 9.80 Å². The highest BCUT2D eigenvalue weighted by Crippen LogP contribution is 2.20. The van der Waals surface area contributed by atoms with Crippen LogP contribution in [0.25, 0.3) is 0 Å². The molecule has 0 saturated carbocycles. The van der Waals surface area contributed by atoms with Gasteiger partial charge in [-0.25, -0.2) is 0 Å². The van der Waals surface area contributed by atoms with Crippen LogP contribution in [0.1, 0.15) is 18.6 Å². The fourth-order valence-electron chi connectivity index (χ4n) is 2.70. The fourth-order valence-corrected chi connectivity index (χ4v) is 2.70. The second-order valence-corrected chi connectivity index (χ2v) is 5.50. The SMILES string of the molecule is COC(C(=O)N1CCN(CC(C)O)CC1)c1ccccc1. The van der Waals surface area contributed by atoms with Crippen LogP contribution in [0.5, 0.6) is 0 Å². The van der Waals surface area contributed by atoms with E-state index in [9.17, 15) is 9.90 Å². The number of carbonyl (C=O) groups excluding carboxylic acids is 1. The van der Waals surface area contributed by atoms with Gasteiger partial charge in [0.15, 0.2) is 6.10 Å². The largest absolute Gasteiger partial charge is 0.392 e. The number of rotatable bonds is 5. The van der Waals surface area contributed by atoms with Gasteiger partial charge >= 0.3 is 0 Å². The molecule has 1 N–H and O–H groups in total. The van der Waals surface area contributed by atoms with Crippen LogP contribution in [0.4, 0.5) is 0 Å². The molecule has 1 aromatic rings. The number of carbonyl (C=O) groups is 1. The monoisotopic (exact) mass is 292 g/mol. The Hall–Kier alpha value is -1.43. The van der Waals surface area contributed by atoms with Crippen LogP contribution in [-0.2, 0) is 9.53 Å². The third-order valence-electron chi connectivity index (χ3n) is 3.77. The fraction of sp³-hybridized carbons (Fsp3) is 0.562. The van der Waals surface area contributed by atoms with E-state index in [1.807, 2.05) is 35.2 Å². The second kappa shape index (κ2) is 7.54. The molecule has 0 spiro atoms. The van der Waals surface area contributed by atoms with Gasteiger partial charge in [-0.05, 0) is 12.5 Å². The molecular formula is C16H24N2O3. The first kappa shape index (κ1) is 15.9. The molecule has 1 aromatic carbocycles. The maximum atomic E-state index is 12.6.